The third-order valence-electron chi connectivity index (χ3n) is 2.61. The fraction of sp³-hybridized carbons (Fsp3) is 0.0769. The molecule has 0 atom stereocenters. The second kappa shape index (κ2) is 4.66. The summed E-state index contributed by atoms with van der Waals surface area (Å²) in [5.41, 5.74) is 0.858. The molecule has 0 radical (unpaired) electrons. The Labute approximate surface area is 109 Å². The van der Waals surface area contributed by atoms with Gasteiger partial charge in [-0.1, -0.05) is 11.6 Å². The number of aromatic nitrogens is 2. The molecule has 2 aromatic heterocycles. The van der Waals surface area contributed by atoms with E-state index in [0.717, 1.165) is 22.5 Å². The SMILES string of the molecule is Clc1ccc2ncnc(NCc3ccco3)c2c1. The lowest BCUT2D eigenvalue weighted by atomic mass is 10.2. The smallest absolute Gasteiger partial charge is 0.137 e. The minimum absolute atomic E-state index is 0.575. The number of nitrogens with one attached hydrogen (secondary N) is 1. The van der Waals surface area contributed by atoms with Crippen LogP contribution < -0.4 is 5.32 Å². The number of hydrogen-bond acceptors (Lipinski definition) is 4. The average molecular weight is 260 g/mol. The second-order valence-electron chi connectivity index (χ2n) is 3.82. The number of rotatable bonds is 3. The van der Waals surface area contributed by atoms with Gasteiger partial charge in [0.2, 0.25) is 0 Å². The molecule has 18 heavy (non-hydrogen) atoms. The van der Waals surface area contributed by atoms with Crippen molar-refractivity contribution in [3.63, 3.8) is 0 Å². The Hall–Kier alpha value is -2.07. The first-order chi connectivity index (χ1) is 8.83. The van der Waals surface area contributed by atoms with E-state index in [1.807, 2.05) is 30.3 Å². The molecule has 0 spiro atoms. The van der Waals surface area contributed by atoms with Gasteiger partial charge >= 0.3 is 0 Å². The topological polar surface area (TPSA) is 51.0 Å². The van der Waals surface area contributed by atoms with E-state index in [0.29, 0.717) is 11.6 Å². The van der Waals surface area contributed by atoms with Crippen LogP contribution in [0.15, 0.2) is 47.3 Å². The lowest BCUT2D eigenvalue weighted by Crippen LogP contribution is -2.01. The Morgan fingerprint density at radius 1 is 1.22 bits per heavy atom. The van der Waals surface area contributed by atoms with Crippen LogP contribution in [0.1, 0.15) is 5.76 Å². The van der Waals surface area contributed by atoms with Crippen LogP contribution in [0.5, 0.6) is 0 Å². The Bertz CT molecular complexity index is 667. The lowest BCUT2D eigenvalue weighted by molar-refractivity contribution is 0.518. The molecule has 1 N–H and O–H groups in total. The molecule has 0 saturated heterocycles. The van der Waals surface area contributed by atoms with Crippen molar-refractivity contribution in [3.05, 3.63) is 53.7 Å². The van der Waals surface area contributed by atoms with Crippen LogP contribution in [-0.4, -0.2) is 9.97 Å². The summed E-state index contributed by atoms with van der Waals surface area (Å²) in [5, 5.41) is 4.78. The summed E-state index contributed by atoms with van der Waals surface area (Å²) in [7, 11) is 0. The van der Waals surface area contributed by atoms with Crippen LogP contribution in [0.2, 0.25) is 5.02 Å². The standard InChI is InChI=1S/C13H10ClN3O/c14-9-3-4-12-11(6-9)13(17-8-16-12)15-7-10-2-1-5-18-10/h1-6,8H,7H2,(H,15,16,17). The number of hydrogen-bond donors (Lipinski definition) is 1. The van der Waals surface area contributed by atoms with Crippen LogP contribution in [0.3, 0.4) is 0 Å². The highest BCUT2D eigenvalue weighted by molar-refractivity contribution is 6.31. The summed E-state index contributed by atoms with van der Waals surface area (Å²) >= 11 is 5.99. The number of anilines is 1. The molecule has 3 rings (SSSR count). The molecule has 0 bridgehead atoms. The number of fused-ring (bicyclic) bond motifs is 1. The van der Waals surface area contributed by atoms with E-state index >= 15 is 0 Å². The Kier molecular flexibility index (Phi) is 2.86. The van der Waals surface area contributed by atoms with Crippen molar-refractivity contribution in [1.29, 1.82) is 0 Å². The van der Waals surface area contributed by atoms with Crippen LogP contribution in [-0.2, 0) is 6.54 Å². The molecule has 90 valence electrons. The summed E-state index contributed by atoms with van der Waals surface area (Å²) in [6.07, 6.45) is 3.17. The van der Waals surface area contributed by atoms with E-state index in [9.17, 15) is 0 Å². The number of furan rings is 1. The molecule has 0 saturated carbocycles. The van der Waals surface area contributed by atoms with Crippen molar-refractivity contribution in [2.75, 3.05) is 5.32 Å². The zero-order valence-electron chi connectivity index (χ0n) is 9.43. The predicted molar refractivity (Wildman–Crippen MR) is 70.6 cm³/mol. The van der Waals surface area contributed by atoms with Gasteiger partial charge < -0.3 is 9.73 Å². The first-order valence-corrected chi connectivity index (χ1v) is 5.87. The minimum atomic E-state index is 0.575. The van der Waals surface area contributed by atoms with Crippen LogP contribution in [0.4, 0.5) is 5.82 Å². The third-order valence-corrected chi connectivity index (χ3v) is 2.84. The molecular formula is C13H10ClN3O. The highest BCUT2D eigenvalue weighted by Gasteiger charge is 2.04. The molecular weight excluding hydrogens is 250 g/mol. The maximum atomic E-state index is 5.99. The molecule has 0 aliphatic carbocycles. The first kappa shape index (κ1) is 11.0. The third kappa shape index (κ3) is 2.15. The number of nitrogens with zero attached hydrogens (tertiary/aromatic N) is 2. The molecule has 0 unspecified atom stereocenters. The van der Waals surface area contributed by atoms with Gasteiger partial charge in [0, 0.05) is 10.4 Å². The van der Waals surface area contributed by atoms with Crippen molar-refractivity contribution in [2.45, 2.75) is 6.54 Å². The summed E-state index contributed by atoms with van der Waals surface area (Å²) in [4.78, 5) is 8.42. The zero-order chi connectivity index (χ0) is 12.4. The highest BCUT2D eigenvalue weighted by Crippen LogP contribution is 2.23. The average Bonchev–Trinajstić information content (AvgIpc) is 2.89. The molecule has 2 heterocycles. The summed E-state index contributed by atoms with van der Waals surface area (Å²) in [5.74, 6) is 1.60. The molecule has 0 aliphatic heterocycles. The van der Waals surface area contributed by atoms with Gasteiger partial charge in [0.15, 0.2) is 0 Å². The van der Waals surface area contributed by atoms with Gasteiger partial charge in [-0.2, -0.15) is 0 Å². The molecule has 4 nitrogen and oxygen atoms in total. The van der Waals surface area contributed by atoms with Crippen molar-refractivity contribution in [3.8, 4) is 0 Å². The monoisotopic (exact) mass is 259 g/mol. The minimum Gasteiger partial charge on any atom is -0.467 e. The fourth-order valence-corrected chi connectivity index (χ4v) is 1.93. The Balaban J connectivity index is 1.93. The molecule has 0 fully saturated rings. The van der Waals surface area contributed by atoms with E-state index in [2.05, 4.69) is 15.3 Å². The molecule has 0 aliphatic rings. The van der Waals surface area contributed by atoms with Gasteiger partial charge in [-0.3, -0.25) is 0 Å². The van der Waals surface area contributed by atoms with E-state index < -0.39 is 0 Å². The van der Waals surface area contributed by atoms with Gasteiger partial charge in [0.25, 0.3) is 0 Å². The van der Waals surface area contributed by atoms with Crippen LogP contribution in [0.25, 0.3) is 10.9 Å². The fourth-order valence-electron chi connectivity index (χ4n) is 1.75. The maximum absolute atomic E-state index is 5.99. The summed E-state index contributed by atoms with van der Waals surface area (Å²) in [6, 6.07) is 9.29. The molecule has 1 aromatic carbocycles. The first-order valence-electron chi connectivity index (χ1n) is 5.49. The van der Waals surface area contributed by atoms with Crippen molar-refractivity contribution in [1.82, 2.24) is 9.97 Å². The summed E-state index contributed by atoms with van der Waals surface area (Å²) < 4.78 is 5.26. The second-order valence-corrected chi connectivity index (χ2v) is 4.25. The zero-order valence-corrected chi connectivity index (χ0v) is 10.2. The van der Waals surface area contributed by atoms with E-state index in [4.69, 9.17) is 16.0 Å². The van der Waals surface area contributed by atoms with Crippen LogP contribution in [0, 0.1) is 0 Å². The molecule has 5 heteroatoms. The predicted octanol–water partition coefficient (Wildman–Crippen LogP) is 3.49. The largest absolute Gasteiger partial charge is 0.467 e. The van der Waals surface area contributed by atoms with E-state index in [-0.39, 0.29) is 0 Å². The van der Waals surface area contributed by atoms with E-state index in [1.54, 1.807) is 6.26 Å². The Morgan fingerprint density at radius 2 is 2.17 bits per heavy atom. The highest BCUT2D eigenvalue weighted by atomic mass is 35.5. The van der Waals surface area contributed by atoms with Crippen molar-refractivity contribution in [2.24, 2.45) is 0 Å². The molecule has 3 aromatic rings. The maximum Gasteiger partial charge on any atom is 0.137 e. The molecule has 0 amide bonds. The number of benzene rings is 1. The van der Waals surface area contributed by atoms with Gasteiger partial charge in [0.05, 0.1) is 18.3 Å². The summed E-state index contributed by atoms with van der Waals surface area (Å²) in [6.45, 7) is 0.575. The van der Waals surface area contributed by atoms with Crippen molar-refractivity contribution < 1.29 is 4.42 Å². The van der Waals surface area contributed by atoms with E-state index in [1.165, 1.54) is 6.33 Å². The normalized spacial score (nSPS) is 10.7. The Morgan fingerprint density at radius 3 is 3.00 bits per heavy atom. The van der Waals surface area contributed by atoms with Crippen LogP contribution >= 0.6 is 11.6 Å². The van der Waals surface area contributed by atoms with Gasteiger partial charge in [0.1, 0.15) is 17.9 Å². The quantitative estimate of drug-likeness (QED) is 0.782. The van der Waals surface area contributed by atoms with Gasteiger partial charge in [-0.15, -0.1) is 0 Å². The number of halogens is 1. The van der Waals surface area contributed by atoms with Gasteiger partial charge in [-0.25, -0.2) is 9.97 Å². The van der Waals surface area contributed by atoms with Gasteiger partial charge in [-0.05, 0) is 30.3 Å². The lowest BCUT2D eigenvalue weighted by Gasteiger charge is -2.06. The van der Waals surface area contributed by atoms with Crippen molar-refractivity contribution >= 4 is 28.3 Å².